The number of carbonyl (C=O) groups excluding carboxylic acids is 1. The van der Waals surface area contributed by atoms with Gasteiger partial charge in [0, 0.05) is 18.1 Å². The van der Waals surface area contributed by atoms with Gasteiger partial charge in [0.1, 0.15) is 11.4 Å². The molecule has 106 valence electrons. The van der Waals surface area contributed by atoms with Crippen molar-refractivity contribution in [3.05, 3.63) is 43.5 Å². The number of rotatable bonds is 3. The molecule has 0 atom stereocenters. The topological polar surface area (TPSA) is 48.3 Å². The van der Waals surface area contributed by atoms with Gasteiger partial charge in [0.25, 0.3) is 0 Å². The molecule has 0 aliphatic rings. The Labute approximate surface area is 128 Å². The summed E-state index contributed by atoms with van der Waals surface area (Å²) >= 11 is 1.87. The lowest BCUT2D eigenvalue weighted by atomic mass is 10.1. The number of nitrogens with zero attached hydrogens (tertiary/aromatic N) is 1. The molecule has 2 aromatic rings. The summed E-state index contributed by atoms with van der Waals surface area (Å²) in [5, 5.41) is 0.190. The van der Waals surface area contributed by atoms with Gasteiger partial charge in [-0.15, -0.1) is 0 Å². The van der Waals surface area contributed by atoms with E-state index < -0.39 is 17.2 Å². The van der Waals surface area contributed by atoms with Gasteiger partial charge in [-0.25, -0.2) is 9.18 Å². The Morgan fingerprint density at radius 3 is 2.70 bits per heavy atom. The van der Waals surface area contributed by atoms with Gasteiger partial charge in [-0.1, -0.05) is 0 Å². The highest BCUT2D eigenvalue weighted by atomic mass is 127. The number of esters is 1. The molecule has 0 fully saturated rings. The van der Waals surface area contributed by atoms with E-state index in [1.165, 1.54) is 12.3 Å². The van der Waals surface area contributed by atoms with E-state index in [0.29, 0.717) is 15.6 Å². The fourth-order valence-corrected chi connectivity index (χ4v) is 2.45. The molecule has 0 N–H and O–H groups in total. The van der Waals surface area contributed by atoms with Crippen LogP contribution >= 0.6 is 22.6 Å². The van der Waals surface area contributed by atoms with Crippen LogP contribution in [0.25, 0.3) is 10.9 Å². The molecule has 1 aromatic carbocycles. The highest BCUT2D eigenvalue weighted by Crippen LogP contribution is 2.19. The van der Waals surface area contributed by atoms with Crippen LogP contribution in [0.1, 0.15) is 24.2 Å². The largest absolute Gasteiger partial charge is 0.462 e. The van der Waals surface area contributed by atoms with Crippen molar-refractivity contribution in [1.82, 2.24) is 4.57 Å². The first-order valence-corrected chi connectivity index (χ1v) is 7.26. The van der Waals surface area contributed by atoms with Gasteiger partial charge >= 0.3 is 5.97 Å². The molecule has 6 heteroatoms. The van der Waals surface area contributed by atoms with E-state index in [-0.39, 0.29) is 17.6 Å². The number of fused-ring (bicyclic) bond motifs is 1. The molecule has 0 amide bonds. The standard InChI is InChI=1S/C14H13FINO3/c1-3-17-7-9(14(19)20-4-2)13(18)8-5-10(15)11(16)6-12(8)17/h5-7H,3-4H2,1-2H3. The monoisotopic (exact) mass is 389 g/mol. The minimum atomic E-state index is -0.680. The van der Waals surface area contributed by atoms with Crippen LogP contribution in [0.2, 0.25) is 0 Å². The second kappa shape index (κ2) is 5.90. The van der Waals surface area contributed by atoms with Crippen molar-refractivity contribution in [2.45, 2.75) is 20.4 Å². The van der Waals surface area contributed by atoms with Crippen molar-refractivity contribution >= 4 is 39.5 Å². The number of hydrogen-bond donors (Lipinski definition) is 0. The fraction of sp³-hybridized carbons (Fsp3) is 0.286. The summed E-state index contributed by atoms with van der Waals surface area (Å²) in [5.41, 5.74) is 0.0385. The number of benzene rings is 1. The summed E-state index contributed by atoms with van der Waals surface area (Å²) in [7, 11) is 0. The molecule has 0 aliphatic carbocycles. The van der Waals surface area contributed by atoms with Crippen LogP contribution in [0.3, 0.4) is 0 Å². The Morgan fingerprint density at radius 2 is 2.10 bits per heavy atom. The lowest BCUT2D eigenvalue weighted by molar-refractivity contribution is 0.0524. The molecule has 0 spiro atoms. The van der Waals surface area contributed by atoms with Crippen molar-refractivity contribution in [3.8, 4) is 0 Å². The molecule has 0 radical (unpaired) electrons. The van der Waals surface area contributed by atoms with Crippen LogP contribution < -0.4 is 5.43 Å². The molecule has 2 rings (SSSR count). The maximum atomic E-state index is 13.7. The Bertz CT molecular complexity index is 739. The van der Waals surface area contributed by atoms with Gasteiger partial charge in [0.05, 0.1) is 15.7 Å². The number of ether oxygens (including phenoxy) is 1. The van der Waals surface area contributed by atoms with Crippen LogP contribution in [-0.2, 0) is 11.3 Å². The fourth-order valence-electron chi connectivity index (χ4n) is 2.00. The third kappa shape index (κ3) is 2.56. The van der Waals surface area contributed by atoms with E-state index in [9.17, 15) is 14.0 Å². The molecule has 4 nitrogen and oxygen atoms in total. The predicted octanol–water partition coefficient (Wildman–Crippen LogP) is 2.94. The van der Waals surface area contributed by atoms with Crippen molar-refractivity contribution in [2.24, 2.45) is 0 Å². The van der Waals surface area contributed by atoms with Gasteiger partial charge in [0.2, 0.25) is 5.43 Å². The first-order valence-electron chi connectivity index (χ1n) is 6.18. The van der Waals surface area contributed by atoms with E-state index in [1.54, 1.807) is 17.6 Å². The van der Waals surface area contributed by atoms with E-state index in [1.807, 2.05) is 29.5 Å². The third-order valence-electron chi connectivity index (χ3n) is 2.96. The first kappa shape index (κ1) is 15.0. The molecule has 0 saturated carbocycles. The lowest BCUT2D eigenvalue weighted by Gasteiger charge is -2.11. The molecular formula is C14H13FINO3. The van der Waals surface area contributed by atoms with E-state index in [2.05, 4.69) is 0 Å². The Morgan fingerprint density at radius 1 is 1.40 bits per heavy atom. The number of pyridine rings is 1. The number of halogens is 2. The Hall–Kier alpha value is -1.44. The second-order valence-corrected chi connectivity index (χ2v) is 5.32. The van der Waals surface area contributed by atoms with Crippen LogP contribution in [0.4, 0.5) is 4.39 Å². The quantitative estimate of drug-likeness (QED) is 0.599. The molecule has 0 aliphatic heterocycles. The number of aromatic nitrogens is 1. The maximum Gasteiger partial charge on any atom is 0.343 e. The summed E-state index contributed by atoms with van der Waals surface area (Å²) < 4.78 is 20.7. The zero-order valence-corrected chi connectivity index (χ0v) is 13.2. The Kier molecular flexibility index (Phi) is 4.42. The molecule has 1 aromatic heterocycles. The van der Waals surface area contributed by atoms with Crippen molar-refractivity contribution < 1.29 is 13.9 Å². The van der Waals surface area contributed by atoms with Gasteiger partial charge < -0.3 is 9.30 Å². The third-order valence-corrected chi connectivity index (χ3v) is 3.78. The highest BCUT2D eigenvalue weighted by Gasteiger charge is 2.17. The molecule has 1 heterocycles. The minimum Gasteiger partial charge on any atom is -0.462 e. The predicted molar refractivity (Wildman–Crippen MR) is 82.5 cm³/mol. The summed E-state index contributed by atoms with van der Waals surface area (Å²) in [6.45, 7) is 4.29. The first-order chi connectivity index (χ1) is 9.49. The van der Waals surface area contributed by atoms with Crippen LogP contribution in [-0.4, -0.2) is 17.1 Å². The van der Waals surface area contributed by atoms with Crippen molar-refractivity contribution in [1.29, 1.82) is 0 Å². The molecule has 0 unspecified atom stereocenters. The van der Waals surface area contributed by atoms with Crippen LogP contribution in [0, 0.1) is 9.39 Å². The van der Waals surface area contributed by atoms with E-state index >= 15 is 0 Å². The normalized spacial score (nSPS) is 10.8. The van der Waals surface area contributed by atoms with Crippen molar-refractivity contribution in [2.75, 3.05) is 6.61 Å². The van der Waals surface area contributed by atoms with Gasteiger partial charge in [-0.3, -0.25) is 4.79 Å². The van der Waals surface area contributed by atoms with E-state index in [4.69, 9.17) is 4.74 Å². The average Bonchev–Trinajstić information content (AvgIpc) is 2.42. The van der Waals surface area contributed by atoms with Gasteiger partial charge in [0.15, 0.2) is 0 Å². The smallest absolute Gasteiger partial charge is 0.343 e. The molecule has 0 saturated heterocycles. The number of hydrogen-bond acceptors (Lipinski definition) is 3. The number of aryl methyl sites for hydroxylation is 1. The van der Waals surface area contributed by atoms with Crippen molar-refractivity contribution in [3.63, 3.8) is 0 Å². The summed E-state index contributed by atoms with van der Waals surface area (Å²) in [5.74, 6) is -1.15. The molecule has 20 heavy (non-hydrogen) atoms. The second-order valence-electron chi connectivity index (χ2n) is 4.16. The molecular weight excluding hydrogens is 376 g/mol. The zero-order chi connectivity index (χ0) is 14.9. The summed E-state index contributed by atoms with van der Waals surface area (Å²) in [6, 6.07) is 2.78. The SMILES string of the molecule is CCOC(=O)c1cn(CC)c2cc(I)c(F)cc2c1=O. The minimum absolute atomic E-state index is 0.0678. The zero-order valence-electron chi connectivity index (χ0n) is 11.1. The average molecular weight is 389 g/mol. The maximum absolute atomic E-state index is 13.7. The van der Waals surface area contributed by atoms with Crippen LogP contribution in [0.15, 0.2) is 23.1 Å². The summed E-state index contributed by atoms with van der Waals surface area (Å²) in [4.78, 5) is 24.1. The van der Waals surface area contributed by atoms with Crippen LogP contribution in [0.5, 0.6) is 0 Å². The highest BCUT2D eigenvalue weighted by molar-refractivity contribution is 14.1. The lowest BCUT2D eigenvalue weighted by Crippen LogP contribution is -2.21. The van der Waals surface area contributed by atoms with Gasteiger partial charge in [-0.05, 0) is 48.6 Å². The molecule has 0 bridgehead atoms. The summed E-state index contributed by atoms with van der Waals surface area (Å²) in [6.07, 6.45) is 1.47. The number of carbonyl (C=O) groups is 1. The van der Waals surface area contributed by atoms with E-state index in [0.717, 1.165) is 0 Å². The van der Waals surface area contributed by atoms with Gasteiger partial charge in [-0.2, -0.15) is 0 Å². The Balaban J connectivity index is 2.81.